The van der Waals surface area contributed by atoms with Crippen molar-refractivity contribution in [1.29, 1.82) is 0 Å². The molecule has 3 aromatic carbocycles. The Hall–Kier alpha value is -4.57. The minimum Gasteiger partial charge on any atom is -0.508 e. The van der Waals surface area contributed by atoms with Crippen molar-refractivity contribution < 1.29 is 32.5 Å². The Morgan fingerprint density at radius 1 is 1.10 bits per heavy atom. The number of terminal acetylenes is 1. The molecular formula is C39H38F3N5O4. The molecule has 0 amide bonds. The van der Waals surface area contributed by atoms with Gasteiger partial charge in [0.2, 0.25) is 0 Å². The van der Waals surface area contributed by atoms with Crippen molar-refractivity contribution in [3.63, 3.8) is 0 Å². The number of benzene rings is 3. The van der Waals surface area contributed by atoms with Gasteiger partial charge in [0.25, 0.3) is 0 Å². The molecule has 9 rings (SSSR count). The van der Waals surface area contributed by atoms with Crippen LogP contribution in [-0.2, 0) is 0 Å². The second-order valence-electron chi connectivity index (χ2n) is 14.6. The molecule has 4 saturated heterocycles. The van der Waals surface area contributed by atoms with Gasteiger partial charge < -0.3 is 24.3 Å². The zero-order valence-electron chi connectivity index (χ0n) is 28.3. The topological polar surface area (TPSA) is 98.3 Å². The fourth-order valence-corrected chi connectivity index (χ4v) is 9.53. The van der Waals surface area contributed by atoms with E-state index in [-0.39, 0.29) is 70.2 Å². The monoisotopic (exact) mass is 697 g/mol. The number of hydrogen-bond acceptors (Lipinski definition) is 9. The van der Waals surface area contributed by atoms with E-state index in [1.54, 1.807) is 6.92 Å². The van der Waals surface area contributed by atoms with E-state index in [4.69, 9.17) is 25.5 Å². The van der Waals surface area contributed by atoms with Gasteiger partial charge in [-0.15, -0.1) is 6.42 Å². The number of piperazine rings is 1. The van der Waals surface area contributed by atoms with Gasteiger partial charge in [-0.2, -0.15) is 9.97 Å². The Morgan fingerprint density at radius 2 is 1.90 bits per heavy atom. The van der Waals surface area contributed by atoms with Crippen LogP contribution in [0, 0.1) is 30.9 Å². The second kappa shape index (κ2) is 12.0. The van der Waals surface area contributed by atoms with Crippen LogP contribution in [0.4, 0.5) is 19.0 Å². The van der Waals surface area contributed by atoms with E-state index in [9.17, 15) is 14.6 Å². The number of nitrogens with zero attached hydrogens (tertiary/aromatic N) is 5. The summed E-state index contributed by atoms with van der Waals surface area (Å²) in [5, 5.41) is 22.3. The number of alkyl halides is 1. The van der Waals surface area contributed by atoms with Crippen molar-refractivity contribution in [2.45, 2.75) is 62.8 Å². The summed E-state index contributed by atoms with van der Waals surface area (Å²) in [7, 11) is 0. The van der Waals surface area contributed by atoms with Crippen LogP contribution in [0.5, 0.6) is 11.8 Å². The molecule has 2 bridgehead atoms. The number of phenolic OH excluding ortho intramolecular Hbond substituents is 1. The first-order valence-corrected chi connectivity index (χ1v) is 17.7. The predicted molar refractivity (Wildman–Crippen MR) is 188 cm³/mol. The van der Waals surface area contributed by atoms with Gasteiger partial charge in [-0.25, -0.2) is 13.2 Å². The number of anilines is 1. The van der Waals surface area contributed by atoms with Gasteiger partial charge in [0.15, 0.2) is 5.82 Å². The first-order valence-electron chi connectivity index (χ1n) is 17.7. The summed E-state index contributed by atoms with van der Waals surface area (Å²) in [5.74, 6) is 1.86. The quantitative estimate of drug-likeness (QED) is 0.197. The number of ether oxygens (including phenoxy) is 1. The summed E-state index contributed by atoms with van der Waals surface area (Å²) in [6.07, 6.45) is 8.87. The Kier molecular flexibility index (Phi) is 7.61. The van der Waals surface area contributed by atoms with Crippen LogP contribution in [0.2, 0.25) is 0 Å². The van der Waals surface area contributed by atoms with E-state index >= 15 is 8.78 Å². The van der Waals surface area contributed by atoms with Gasteiger partial charge in [0, 0.05) is 61.0 Å². The first kappa shape index (κ1) is 32.3. The lowest BCUT2D eigenvalue weighted by Gasteiger charge is -2.41. The van der Waals surface area contributed by atoms with E-state index in [1.807, 2.05) is 6.07 Å². The number of aryl methyl sites for hydroxylation is 1. The van der Waals surface area contributed by atoms with Crippen LogP contribution >= 0.6 is 0 Å². The van der Waals surface area contributed by atoms with Crippen molar-refractivity contribution in [3.05, 3.63) is 53.3 Å². The Morgan fingerprint density at radius 3 is 2.67 bits per heavy atom. The largest absolute Gasteiger partial charge is 0.508 e. The van der Waals surface area contributed by atoms with Gasteiger partial charge in [-0.1, -0.05) is 12.0 Å². The van der Waals surface area contributed by atoms with Crippen LogP contribution in [0.1, 0.15) is 43.4 Å². The molecule has 0 radical (unpaired) electrons. The van der Waals surface area contributed by atoms with Crippen LogP contribution in [0.15, 0.2) is 34.7 Å². The standard InChI is InChI=1S/C39H38F3N5O4/c1-3-27-30(41)8-5-22-14-26(49)15-28(31(22)27)32-34(42)35-33(29-13-21(2)51-36(29)32)37(45-18-24-6-7-25(19-45)47(24)11-12-48)44-38(43-35)50-20-39-9-4-10-46(39)17-23(40)16-39/h1,5,8,13-15,23-25,48-49H,4,6-7,9-12,16-20H2,2H3/t23-,24-,25+,39+/m1/s1. The average Bonchev–Trinajstić information content (AvgIpc) is 3.82. The maximum atomic E-state index is 17.6. The minimum atomic E-state index is -0.944. The SMILES string of the molecule is C#Cc1c(F)ccc2cc(O)cc(-c3c(F)c4nc(OC[C@@]56CCCN5C[C@H](F)C6)nc(N5C[C@H]6CC[C@@H](C5)N6CCO)c4c4cc(C)oc34)c12. The Balaban J connectivity index is 1.28. The minimum absolute atomic E-state index is 0.0193. The molecule has 6 heterocycles. The van der Waals surface area contributed by atoms with Crippen LogP contribution in [0.3, 0.4) is 0 Å². The average molecular weight is 698 g/mol. The molecule has 2 aromatic heterocycles. The molecule has 264 valence electrons. The third-order valence-corrected chi connectivity index (χ3v) is 11.6. The predicted octanol–water partition coefficient (Wildman–Crippen LogP) is 6.07. The molecule has 4 fully saturated rings. The van der Waals surface area contributed by atoms with Crippen molar-refractivity contribution in [2.24, 2.45) is 0 Å². The normalized spacial score (nSPS) is 25.0. The number of furan rings is 1. The molecule has 4 aliphatic heterocycles. The third-order valence-electron chi connectivity index (χ3n) is 11.6. The van der Waals surface area contributed by atoms with Gasteiger partial charge in [0.05, 0.1) is 28.7 Å². The molecule has 2 N–H and O–H groups in total. The third kappa shape index (κ3) is 5.04. The molecule has 0 saturated carbocycles. The molecule has 51 heavy (non-hydrogen) atoms. The number of aliphatic hydroxyl groups is 1. The number of phenols is 1. The number of hydrogen-bond donors (Lipinski definition) is 2. The molecule has 9 nitrogen and oxygen atoms in total. The van der Waals surface area contributed by atoms with Crippen LogP contribution < -0.4 is 9.64 Å². The van der Waals surface area contributed by atoms with E-state index < -0.39 is 23.3 Å². The zero-order chi connectivity index (χ0) is 35.2. The molecule has 0 unspecified atom stereocenters. The Bertz CT molecular complexity index is 2260. The number of aliphatic hydroxyl groups excluding tert-OH is 1. The summed E-state index contributed by atoms with van der Waals surface area (Å²) in [5.41, 5.74) is -0.223. The van der Waals surface area contributed by atoms with Crippen LogP contribution in [-0.4, -0.2) is 99.7 Å². The fourth-order valence-electron chi connectivity index (χ4n) is 9.53. The Labute approximate surface area is 292 Å². The summed E-state index contributed by atoms with van der Waals surface area (Å²) < 4.78 is 60.0. The highest BCUT2D eigenvalue weighted by Crippen LogP contribution is 2.47. The highest BCUT2D eigenvalue weighted by atomic mass is 19.1. The molecule has 4 aliphatic rings. The molecule has 0 aliphatic carbocycles. The van der Waals surface area contributed by atoms with Crippen molar-refractivity contribution in [1.82, 2.24) is 19.8 Å². The summed E-state index contributed by atoms with van der Waals surface area (Å²) in [6, 6.07) is 7.68. The first-order chi connectivity index (χ1) is 24.7. The lowest BCUT2D eigenvalue weighted by molar-refractivity contribution is 0.107. The zero-order valence-corrected chi connectivity index (χ0v) is 28.3. The number of aromatic nitrogens is 2. The van der Waals surface area contributed by atoms with E-state index in [2.05, 4.69) is 20.6 Å². The van der Waals surface area contributed by atoms with Gasteiger partial charge in [-0.3, -0.25) is 9.80 Å². The highest BCUT2D eigenvalue weighted by molar-refractivity contribution is 6.18. The molecule has 5 aromatic rings. The molecule has 12 heteroatoms. The fraction of sp³-hybridized carbons (Fsp3) is 0.436. The number of aromatic hydroxyl groups is 1. The van der Waals surface area contributed by atoms with E-state index in [0.717, 1.165) is 32.2 Å². The van der Waals surface area contributed by atoms with Crippen molar-refractivity contribution >= 4 is 38.5 Å². The van der Waals surface area contributed by atoms with Crippen molar-refractivity contribution in [2.75, 3.05) is 50.8 Å². The molecular weight excluding hydrogens is 659 g/mol. The van der Waals surface area contributed by atoms with E-state index in [1.165, 1.54) is 24.3 Å². The van der Waals surface area contributed by atoms with Crippen molar-refractivity contribution in [3.8, 4) is 35.2 Å². The maximum absolute atomic E-state index is 17.6. The molecule has 0 spiro atoms. The summed E-state index contributed by atoms with van der Waals surface area (Å²) in [4.78, 5) is 16.3. The second-order valence-corrected chi connectivity index (χ2v) is 14.6. The summed E-state index contributed by atoms with van der Waals surface area (Å²) in [6.45, 7) is 4.94. The van der Waals surface area contributed by atoms with Crippen LogP contribution in [0.25, 0.3) is 43.8 Å². The summed E-state index contributed by atoms with van der Waals surface area (Å²) >= 11 is 0. The maximum Gasteiger partial charge on any atom is 0.319 e. The highest BCUT2D eigenvalue weighted by Gasteiger charge is 2.49. The van der Waals surface area contributed by atoms with E-state index in [0.29, 0.717) is 60.3 Å². The lowest BCUT2D eigenvalue weighted by atomic mass is 9.91. The number of halogens is 3. The lowest BCUT2D eigenvalue weighted by Crippen LogP contribution is -2.54. The van der Waals surface area contributed by atoms with Gasteiger partial charge >= 0.3 is 6.01 Å². The smallest absolute Gasteiger partial charge is 0.319 e. The number of rotatable bonds is 7. The number of fused-ring (bicyclic) bond motifs is 7. The van der Waals surface area contributed by atoms with Gasteiger partial charge in [-0.05, 0) is 68.8 Å². The van der Waals surface area contributed by atoms with Gasteiger partial charge in [0.1, 0.15) is 47.0 Å². The molecule has 4 atom stereocenters.